The Kier molecular flexibility index (Phi) is 4.68. The highest BCUT2D eigenvalue weighted by Gasteiger charge is 2.17. The Morgan fingerprint density at radius 3 is 2.70 bits per heavy atom. The van der Waals surface area contributed by atoms with Gasteiger partial charge < -0.3 is 15.8 Å². The Balaban J connectivity index is 1.65. The number of hydrogen-bond acceptors (Lipinski definition) is 4. The predicted molar refractivity (Wildman–Crippen MR) is 91.3 cm³/mol. The largest absolute Gasteiger partial charge is 0.389 e. The minimum absolute atomic E-state index is 0.0424. The Hall–Kier alpha value is -2.25. The van der Waals surface area contributed by atoms with Crippen molar-refractivity contribution < 1.29 is 9.53 Å². The van der Waals surface area contributed by atoms with Crippen molar-refractivity contribution in [2.75, 3.05) is 11.9 Å². The van der Waals surface area contributed by atoms with Gasteiger partial charge in [0.05, 0.1) is 18.1 Å². The van der Waals surface area contributed by atoms with Gasteiger partial charge in [0.2, 0.25) is 0 Å². The summed E-state index contributed by atoms with van der Waals surface area (Å²) >= 11 is 4.90. The molecule has 0 radical (unpaired) electrons. The number of benzene rings is 1. The highest BCUT2D eigenvalue weighted by molar-refractivity contribution is 7.80. The topological polar surface area (TPSA) is 82.2 Å². The lowest BCUT2D eigenvalue weighted by Gasteiger charge is -2.22. The molecule has 1 aromatic carbocycles. The number of rotatable bonds is 4. The van der Waals surface area contributed by atoms with E-state index >= 15 is 0 Å². The van der Waals surface area contributed by atoms with Crippen molar-refractivity contribution in [1.29, 1.82) is 0 Å². The number of nitrogens with two attached hydrogens (primary N) is 1. The molecule has 1 saturated heterocycles. The van der Waals surface area contributed by atoms with Crippen LogP contribution >= 0.6 is 12.2 Å². The quantitative estimate of drug-likeness (QED) is 0.842. The Bertz CT molecular complexity index is 705. The molecule has 120 valence electrons. The van der Waals surface area contributed by atoms with Crippen LogP contribution in [0.5, 0.6) is 0 Å². The summed E-state index contributed by atoms with van der Waals surface area (Å²) < 4.78 is 7.42. The van der Waals surface area contributed by atoms with E-state index in [1.54, 1.807) is 41.3 Å². The lowest BCUT2D eigenvalue weighted by atomic mass is 10.1. The van der Waals surface area contributed by atoms with E-state index in [1.165, 1.54) is 0 Å². The van der Waals surface area contributed by atoms with E-state index in [2.05, 4.69) is 10.4 Å². The second-order valence-electron chi connectivity index (χ2n) is 5.43. The molecule has 0 saturated carbocycles. The first-order valence-corrected chi connectivity index (χ1v) is 7.91. The van der Waals surface area contributed by atoms with E-state index in [0.717, 1.165) is 31.4 Å². The van der Waals surface area contributed by atoms with E-state index in [4.69, 9.17) is 22.7 Å². The summed E-state index contributed by atoms with van der Waals surface area (Å²) in [7, 11) is 0. The molecule has 3 rings (SSSR count). The van der Waals surface area contributed by atoms with E-state index in [1.807, 2.05) is 0 Å². The van der Waals surface area contributed by atoms with Gasteiger partial charge in [0.1, 0.15) is 11.2 Å². The SMILES string of the molecule is NC(=S)c1ccc(C(=O)Nc2cnn(C3CCCCO3)c2)cc1. The van der Waals surface area contributed by atoms with Crippen LogP contribution in [0.15, 0.2) is 36.7 Å². The third-order valence-electron chi connectivity index (χ3n) is 3.74. The highest BCUT2D eigenvalue weighted by atomic mass is 32.1. The monoisotopic (exact) mass is 330 g/mol. The zero-order valence-corrected chi connectivity index (χ0v) is 13.4. The van der Waals surface area contributed by atoms with E-state index in [9.17, 15) is 4.79 Å². The van der Waals surface area contributed by atoms with E-state index in [-0.39, 0.29) is 12.1 Å². The average molecular weight is 330 g/mol. The third-order valence-corrected chi connectivity index (χ3v) is 3.98. The van der Waals surface area contributed by atoms with Crippen molar-refractivity contribution in [3.8, 4) is 0 Å². The number of anilines is 1. The first kappa shape index (κ1) is 15.6. The smallest absolute Gasteiger partial charge is 0.255 e. The fourth-order valence-electron chi connectivity index (χ4n) is 2.48. The van der Waals surface area contributed by atoms with Crippen molar-refractivity contribution in [1.82, 2.24) is 9.78 Å². The molecule has 1 aliphatic rings. The standard InChI is InChI=1S/C16H18N4O2S/c17-15(23)11-4-6-12(7-5-11)16(21)19-13-9-18-20(10-13)14-3-1-2-8-22-14/h4-7,9-10,14H,1-3,8H2,(H2,17,23)(H,19,21). The molecule has 6 nitrogen and oxygen atoms in total. The van der Waals surface area contributed by atoms with Crippen LogP contribution in [0.1, 0.15) is 41.4 Å². The molecule has 1 aromatic heterocycles. The van der Waals surface area contributed by atoms with Crippen LogP contribution in [-0.4, -0.2) is 27.3 Å². The number of amides is 1. The van der Waals surface area contributed by atoms with E-state index in [0.29, 0.717) is 16.2 Å². The summed E-state index contributed by atoms with van der Waals surface area (Å²) in [5, 5.41) is 7.09. The first-order valence-electron chi connectivity index (χ1n) is 7.50. The van der Waals surface area contributed by atoms with Crippen LogP contribution < -0.4 is 11.1 Å². The number of nitrogens with zero attached hydrogens (tertiary/aromatic N) is 2. The fourth-order valence-corrected chi connectivity index (χ4v) is 2.62. The molecule has 2 aromatic rings. The second kappa shape index (κ2) is 6.89. The molecule has 0 bridgehead atoms. The maximum absolute atomic E-state index is 12.2. The average Bonchev–Trinajstić information content (AvgIpc) is 3.04. The van der Waals surface area contributed by atoms with Gasteiger partial charge in [-0.05, 0) is 31.4 Å². The van der Waals surface area contributed by atoms with Crippen LogP contribution in [0.4, 0.5) is 5.69 Å². The first-order chi connectivity index (χ1) is 11.1. The molecule has 1 fully saturated rings. The third kappa shape index (κ3) is 3.75. The van der Waals surface area contributed by atoms with Crippen LogP contribution in [0, 0.1) is 0 Å². The number of thiocarbonyl (C=S) groups is 1. The van der Waals surface area contributed by atoms with Gasteiger partial charge in [0, 0.05) is 17.7 Å². The van der Waals surface area contributed by atoms with Gasteiger partial charge in [-0.25, -0.2) is 4.68 Å². The molecule has 2 heterocycles. The molecule has 7 heteroatoms. The predicted octanol–water partition coefficient (Wildman–Crippen LogP) is 2.47. The molecule has 1 aliphatic heterocycles. The normalized spacial score (nSPS) is 17.7. The number of carbonyl (C=O) groups excluding carboxylic acids is 1. The van der Waals surface area contributed by atoms with Crippen LogP contribution in [-0.2, 0) is 4.74 Å². The molecular formula is C16H18N4O2S. The molecule has 1 amide bonds. The van der Waals surface area contributed by atoms with Crippen molar-refractivity contribution >= 4 is 28.8 Å². The van der Waals surface area contributed by atoms with Gasteiger partial charge in [-0.15, -0.1) is 0 Å². The summed E-state index contributed by atoms with van der Waals surface area (Å²) in [4.78, 5) is 12.5. The number of ether oxygens (including phenoxy) is 1. The molecule has 1 unspecified atom stereocenters. The van der Waals surface area contributed by atoms with Crippen molar-refractivity contribution in [3.63, 3.8) is 0 Å². The Morgan fingerprint density at radius 2 is 2.04 bits per heavy atom. The van der Waals surface area contributed by atoms with Crippen LogP contribution in [0.3, 0.4) is 0 Å². The van der Waals surface area contributed by atoms with Gasteiger partial charge in [-0.3, -0.25) is 4.79 Å². The number of nitrogens with one attached hydrogen (secondary N) is 1. The minimum atomic E-state index is -0.205. The minimum Gasteiger partial charge on any atom is -0.389 e. The second-order valence-corrected chi connectivity index (χ2v) is 5.87. The highest BCUT2D eigenvalue weighted by Crippen LogP contribution is 2.23. The van der Waals surface area contributed by atoms with Gasteiger partial charge in [-0.1, -0.05) is 24.4 Å². The van der Waals surface area contributed by atoms with Crippen molar-refractivity contribution in [3.05, 3.63) is 47.8 Å². The van der Waals surface area contributed by atoms with Gasteiger partial charge in [0.25, 0.3) is 5.91 Å². The maximum Gasteiger partial charge on any atom is 0.255 e. The number of hydrogen-bond donors (Lipinski definition) is 2. The Labute approximate surface area is 139 Å². The molecule has 0 aliphatic carbocycles. The fraction of sp³-hybridized carbons (Fsp3) is 0.312. The number of carbonyl (C=O) groups is 1. The summed E-state index contributed by atoms with van der Waals surface area (Å²) in [5.41, 5.74) is 7.46. The summed E-state index contributed by atoms with van der Waals surface area (Å²) in [6.45, 7) is 0.752. The summed E-state index contributed by atoms with van der Waals surface area (Å²) in [6, 6.07) is 6.85. The molecule has 23 heavy (non-hydrogen) atoms. The van der Waals surface area contributed by atoms with Gasteiger partial charge in [-0.2, -0.15) is 5.10 Å². The number of aromatic nitrogens is 2. The lowest BCUT2D eigenvalue weighted by molar-refractivity contribution is -0.0394. The molecule has 1 atom stereocenters. The Morgan fingerprint density at radius 1 is 1.30 bits per heavy atom. The molecule has 0 spiro atoms. The zero-order valence-electron chi connectivity index (χ0n) is 12.6. The maximum atomic E-state index is 12.2. The molecule has 3 N–H and O–H groups in total. The molecular weight excluding hydrogens is 312 g/mol. The van der Waals surface area contributed by atoms with Crippen LogP contribution in [0.2, 0.25) is 0 Å². The zero-order chi connectivity index (χ0) is 16.2. The van der Waals surface area contributed by atoms with Gasteiger partial charge >= 0.3 is 0 Å². The van der Waals surface area contributed by atoms with E-state index < -0.39 is 0 Å². The lowest BCUT2D eigenvalue weighted by Crippen LogP contribution is -2.18. The summed E-state index contributed by atoms with van der Waals surface area (Å²) in [5.74, 6) is -0.205. The van der Waals surface area contributed by atoms with Crippen molar-refractivity contribution in [2.24, 2.45) is 5.73 Å². The summed E-state index contributed by atoms with van der Waals surface area (Å²) in [6.07, 6.45) is 6.52. The van der Waals surface area contributed by atoms with Gasteiger partial charge in [0.15, 0.2) is 0 Å². The van der Waals surface area contributed by atoms with Crippen molar-refractivity contribution in [2.45, 2.75) is 25.5 Å². The van der Waals surface area contributed by atoms with Crippen LogP contribution in [0.25, 0.3) is 0 Å².